The molecule has 202 valence electrons. The maximum atomic E-state index is 13.4. The molecule has 1 aliphatic rings. The predicted octanol–water partition coefficient (Wildman–Crippen LogP) is 5.23. The number of ether oxygens (including phenoxy) is 1. The van der Waals surface area contributed by atoms with Gasteiger partial charge in [0.2, 0.25) is 0 Å². The number of aliphatic carboxylic acids is 2. The van der Waals surface area contributed by atoms with E-state index in [0.717, 1.165) is 50.0 Å². The van der Waals surface area contributed by atoms with Crippen LogP contribution < -0.4 is 0 Å². The second-order valence-corrected chi connectivity index (χ2v) is 9.14. The first-order chi connectivity index (χ1) is 18.2. The number of hydrogen-bond acceptors (Lipinski definition) is 5. The molecule has 0 radical (unpaired) electrons. The SMILES string of the molecule is O=C(O)C(=O)O.Oc1ccc(CN2CCC(CCOC(c3ccc(F)cc3)c3ccc(F)cc3)CC2)cc1. The summed E-state index contributed by atoms with van der Waals surface area (Å²) in [6.07, 6.45) is 2.87. The molecular formula is C29H31F2NO6. The number of carboxylic acids is 2. The van der Waals surface area contributed by atoms with Crippen molar-refractivity contribution in [1.29, 1.82) is 0 Å². The first-order valence-corrected chi connectivity index (χ1v) is 12.3. The third kappa shape index (κ3) is 9.24. The monoisotopic (exact) mass is 527 g/mol. The highest BCUT2D eigenvalue weighted by Gasteiger charge is 2.21. The topological polar surface area (TPSA) is 107 Å². The van der Waals surface area contributed by atoms with Crippen LogP contribution >= 0.6 is 0 Å². The van der Waals surface area contributed by atoms with Crippen molar-refractivity contribution >= 4 is 11.9 Å². The summed E-state index contributed by atoms with van der Waals surface area (Å²) in [5.41, 5.74) is 2.94. The van der Waals surface area contributed by atoms with E-state index in [-0.39, 0.29) is 17.7 Å². The van der Waals surface area contributed by atoms with Crippen LogP contribution in [-0.2, 0) is 20.9 Å². The van der Waals surface area contributed by atoms with Gasteiger partial charge in [0, 0.05) is 13.2 Å². The van der Waals surface area contributed by atoms with Crippen molar-refractivity contribution in [2.45, 2.75) is 31.9 Å². The van der Waals surface area contributed by atoms with Crippen molar-refractivity contribution in [2.24, 2.45) is 5.92 Å². The van der Waals surface area contributed by atoms with Gasteiger partial charge in [-0.05, 0) is 91.4 Å². The first kappa shape index (κ1) is 28.7. The molecule has 0 saturated carbocycles. The van der Waals surface area contributed by atoms with Crippen LogP contribution in [0, 0.1) is 17.6 Å². The third-order valence-corrected chi connectivity index (χ3v) is 6.39. The first-order valence-electron chi connectivity index (χ1n) is 12.3. The van der Waals surface area contributed by atoms with Gasteiger partial charge in [-0.25, -0.2) is 18.4 Å². The summed E-state index contributed by atoms with van der Waals surface area (Å²) in [6.45, 7) is 3.60. The zero-order valence-corrected chi connectivity index (χ0v) is 20.8. The van der Waals surface area contributed by atoms with Gasteiger partial charge in [-0.2, -0.15) is 0 Å². The van der Waals surface area contributed by atoms with Gasteiger partial charge in [-0.15, -0.1) is 0 Å². The highest BCUT2D eigenvalue weighted by Crippen LogP contribution is 2.29. The molecular weight excluding hydrogens is 496 g/mol. The Kier molecular flexibility index (Phi) is 10.7. The Bertz CT molecular complexity index is 1100. The number of nitrogens with zero attached hydrogens (tertiary/aromatic N) is 1. The van der Waals surface area contributed by atoms with E-state index in [1.807, 2.05) is 12.1 Å². The molecule has 0 aromatic heterocycles. The summed E-state index contributed by atoms with van der Waals surface area (Å²) in [7, 11) is 0. The number of phenolic OH excluding ortho intramolecular Hbond substituents is 1. The number of benzene rings is 3. The average molecular weight is 528 g/mol. The van der Waals surface area contributed by atoms with Crippen LogP contribution in [0.2, 0.25) is 0 Å². The van der Waals surface area contributed by atoms with Crippen molar-refractivity contribution in [2.75, 3.05) is 19.7 Å². The molecule has 9 heteroatoms. The van der Waals surface area contributed by atoms with Crippen molar-refractivity contribution in [3.63, 3.8) is 0 Å². The summed E-state index contributed by atoms with van der Waals surface area (Å²) < 4.78 is 33.0. The summed E-state index contributed by atoms with van der Waals surface area (Å²) in [6, 6.07) is 20.0. The Morgan fingerprint density at radius 2 is 1.29 bits per heavy atom. The van der Waals surface area contributed by atoms with E-state index in [9.17, 15) is 13.9 Å². The molecule has 1 saturated heterocycles. The molecule has 0 aliphatic carbocycles. The van der Waals surface area contributed by atoms with Crippen LogP contribution in [0.3, 0.4) is 0 Å². The zero-order chi connectivity index (χ0) is 27.5. The number of carbonyl (C=O) groups is 2. The fourth-order valence-electron chi connectivity index (χ4n) is 4.31. The molecule has 0 spiro atoms. The number of piperidine rings is 1. The van der Waals surface area contributed by atoms with Crippen LogP contribution in [0.4, 0.5) is 8.78 Å². The van der Waals surface area contributed by atoms with Crippen LogP contribution in [-0.4, -0.2) is 51.9 Å². The molecule has 0 atom stereocenters. The fraction of sp³-hybridized carbons (Fsp3) is 0.310. The molecule has 0 amide bonds. The Hall–Kier alpha value is -3.82. The quantitative estimate of drug-likeness (QED) is 0.344. The number of phenols is 1. The number of halogens is 2. The van der Waals surface area contributed by atoms with E-state index in [1.165, 1.54) is 29.8 Å². The third-order valence-electron chi connectivity index (χ3n) is 6.39. The van der Waals surface area contributed by atoms with Crippen molar-refractivity contribution < 1.29 is 38.4 Å². The highest BCUT2D eigenvalue weighted by atomic mass is 19.1. The van der Waals surface area contributed by atoms with Crippen LogP contribution in [0.15, 0.2) is 72.8 Å². The van der Waals surface area contributed by atoms with E-state index in [4.69, 9.17) is 24.5 Å². The fourth-order valence-corrected chi connectivity index (χ4v) is 4.31. The minimum absolute atomic E-state index is 0.286. The molecule has 1 aliphatic heterocycles. The molecule has 3 aromatic rings. The lowest BCUT2D eigenvalue weighted by Crippen LogP contribution is -2.33. The van der Waals surface area contributed by atoms with Crippen molar-refractivity contribution in [1.82, 2.24) is 4.90 Å². The Morgan fingerprint density at radius 1 is 0.816 bits per heavy atom. The van der Waals surface area contributed by atoms with Gasteiger partial charge >= 0.3 is 11.9 Å². The Balaban J connectivity index is 0.000000599. The minimum Gasteiger partial charge on any atom is -0.508 e. The van der Waals surface area contributed by atoms with Gasteiger partial charge < -0.3 is 20.1 Å². The van der Waals surface area contributed by atoms with Crippen LogP contribution in [0.1, 0.15) is 42.1 Å². The molecule has 4 rings (SSSR count). The number of hydrogen-bond donors (Lipinski definition) is 3. The number of likely N-dealkylation sites (tertiary alicyclic amines) is 1. The zero-order valence-electron chi connectivity index (χ0n) is 20.8. The lowest BCUT2D eigenvalue weighted by atomic mass is 9.93. The van der Waals surface area contributed by atoms with Gasteiger partial charge in [0.1, 0.15) is 23.5 Å². The van der Waals surface area contributed by atoms with Gasteiger partial charge in [-0.1, -0.05) is 36.4 Å². The van der Waals surface area contributed by atoms with Crippen LogP contribution in [0.5, 0.6) is 5.75 Å². The smallest absolute Gasteiger partial charge is 0.414 e. The maximum Gasteiger partial charge on any atom is 0.414 e. The minimum atomic E-state index is -1.82. The van der Waals surface area contributed by atoms with E-state index in [0.29, 0.717) is 18.3 Å². The Labute approximate surface area is 219 Å². The molecule has 38 heavy (non-hydrogen) atoms. The van der Waals surface area contributed by atoms with E-state index in [2.05, 4.69) is 4.90 Å². The van der Waals surface area contributed by atoms with E-state index >= 15 is 0 Å². The normalized spacial score (nSPS) is 14.1. The molecule has 3 N–H and O–H groups in total. The number of rotatable bonds is 8. The predicted molar refractivity (Wildman–Crippen MR) is 137 cm³/mol. The molecule has 1 heterocycles. The molecule has 0 bridgehead atoms. The number of aromatic hydroxyl groups is 1. The van der Waals surface area contributed by atoms with Crippen molar-refractivity contribution in [3.8, 4) is 5.75 Å². The second-order valence-electron chi connectivity index (χ2n) is 9.14. The molecule has 3 aromatic carbocycles. The van der Waals surface area contributed by atoms with Gasteiger partial charge in [-0.3, -0.25) is 4.90 Å². The largest absolute Gasteiger partial charge is 0.508 e. The molecule has 1 fully saturated rings. The maximum absolute atomic E-state index is 13.4. The summed E-state index contributed by atoms with van der Waals surface area (Å²) in [5, 5.41) is 24.2. The summed E-state index contributed by atoms with van der Waals surface area (Å²) >= 11 is 0. The highest BCUT2D eigenvalue weighted by molar-refractivity contribution is 6.27. The summed E-state index contributed by atoms with van der Waals surface area (Å²) in [4.78, 5) is 20.6. The van der Waals surface area contributed by atoms with E-state index < -0.39 is 11.9 Å². The van der Waals surface area contributed by atoms with Gasteiger partial charge in [0.05, 0.1) is 0 Å². The molecule has 7 nitrogen and oxygen atoms in total. The van der Waals surface area contributed by atoms with Gasteiger partial charge in [0.25, 0.3) is 0 Å². The average Bonchev–Trinajstić information content (AvgIpc) is 2.91. The van der Waals surface area contributed by atoms with Crippen molar-refractivity contribution in [3.05, 3.63) is 101 Å². The second kappa shape index (κ2) is 14.2. The number of carboxylic acid groups (broad SMARTS) is 2. The lowest BCUT2D eigenvalue weighted by Gasteiger charge is -2.32. The lowest BCUT2D eigenvalue weighted by molar-refractivity contribution is -0.159. The van der Waals surface area contributed by atoms with Gasteiger partial charge in [0.15, 0.2) is 0 Å². The summed E-state index contributed by atoms with van der Waals surface area (Å²) in [5.74, 6) is -3.32. The van der Waals surface area contributed by atoms with Crippen LogP contribution in [0.25, 0.3) is 0 Å². The van der Waals surface area contributed by atoms with E-state index in [1.54, 1.807) is 36.4 Å². The standard InChI is InChI=1S/C27H29F2NO2.C2H2O4/c28-24-7-3-22(4-8-24)27(23-5-9-25(29)10-6-23)32-18-15-20-13-16-30(17-14-20)19-21-1-11-26(31)12-2-21;3-1(4)2(5)6/h1-12,20,27,31H,13-19H2;(H,3,4)(H,5,6). The molecule has 0 unspecified atom stereocenters. The Morgan fingerprint density at radius 3 is 1.74 bits per heavy atom.